The van der Waals surface area contributed by atoms with Gasteiger partial charge in [-0.15, -0.1) is 0 Å². The molecule has 0 fully saturated rings. The predicted octanol–water partition coefficient (Wildman–Crippen LogP) is 10.4. The lowest BCUT2D eigenvalue weighted by atomic mass is 10.0. The molecule has 0 unspecified atom stereocenters. The quantitative estimate of drug-likeness (QED) is 0.168. The second-order valence-electron chi connectivity index (χ2n) is 13.4. The molecule has 0 spiro atoms. The van der Waals surface area contributed by atoms with Crippen molar-refractivity contribution in [3.63, 3.8) is 0 Å². The third-order valence-corrected chi connectivity index (χ3v) is 10.3. The fraction of sp³-hybridized carbons (Fsp3) is 0. The smallest absolute Gasteiger partial charge is 0.264 e. The van der Waals surface area contributed by atoms with Crippen LogP contribution in [0.2, 0.25) is 0 Å². The highest BCUT2D eigenvalue weighted by Crippen LogP contribution is 2.41. The van der Waals surface area contributed by atoms with Gasteiger partial charge in [0.2, 0.25) is 0 Å². The van der Waals surface area contributed by atoms with Gasteiger partial charge < -0.3 is 4.57 Å². The summed E-state index contributed by atoms with van der Waals surface area (Å²) >= 11 is 0. The summed E-state index contributed by atoms with van der Waals surface area (Å²) < 4.78 is 4.07. The Morgan fingerprint density at radius 1 is 0.389 bits per heavy atom. The second-order valence-corrected chi connectivity index (χ2v) is 13.4. The van der Waals surface area contributed by atoms with Crippen molar-refractivity contribution in [1.29, 1.82) is 0 Å². The highest BCUT2D eigenvalue weighted by molar-refractivity contribution is 6.25. The van der Waals surface area contributed by atoms with Gasteiger partial charge in [-0.05, 0) is 35.7 Å². The van der Waals surface area contributed by atoms with Crippen LogP contribution in [0.5, 0.6) is 0 Å². The number of para-hydroxylation sites is 1. The lowest BCUT2D eigenvalue weighted by Crippen LogP contribution is -2.14. The van der Waals surface area contributed by atoms with Crippen molar-refractivity contribution < 1.29 is 0 Å². The fourth-order valence-electron chi connectivity index (χ4n) is 7.89. The number of benzene rings is 7. The van der Waals surface area contributed by atoms with Crippen LogP contribution in [-0.2, 0) is 0 Å². The standard InChI is InChI=1S/C47H28N6O/c54-47-36-25-11-10-23-34(36)37-28-38-35-24-12-13-26-39(35)52(41(38)40-42(37)53(47)46(48-40)31-19-8-3-9-20-31)33-22-14-21-32(27-33)45-50-43(29-15-4-1-5-16-29)49-44(51-45)30-17-6-2-7-18-30/h1-28H. The zero-order valence-electron chi connectivity index (χ0n) is 28.8. The molecule has 7 aromatic carbocycles. The summed E-state index contributed by atoms with van der Waals surface area (Å²) in [6, 6.07) is 56.8. The van der Waals surface area contributed by atoms with E-state index in [0.717, 1.165) is 71.6 Å². The Kier molecular flexibility index (Phi) is 6.57. The van der Waals surface area contributed by atoms with E-state index in [9.17, 15) is 4.79 Å². The van der Waals surface area contributed by atoms with Crippen LogP contribution in [0.25, 0.3) is 100 Å². The van der Waals surface area contributed by atoms with E-state index in [1.165, 1.54) is 0 Å². The average Bonchev–Trinajstić information content (AvgIpc) is 3.81. The van der Waals surface area contributed by atoms with Crippen molar-refractivity contribution in [3.05, 3.63) is 180 Å². The largest absolute Gasteiger partial charge is 0.307 e. The van der Waals surface area contributed by atoms with Crippen molar-refractivity contribution >= 4 is 49.0 Å². The van der Waals surface area contributed by atoms with Crippen LogP contribution in [0.1, 0.15) is 0 Å². The summed E-state index contributed by atoms with van der Waals surface area (Å²) in [5.41, 5.74) is 7.94. The van der Waals surface area contributed by atoms with Gasteiger partial charge in [0.25, 0.3) is 5.56 Å². The Balaban J connectivity index is 1.22. The van der Waals surface area contributed by atoms with Gasteiger partial charge in [0.05, 0.1) is 16.6 Å². The molecule has 0 aliphatic rings. The van der Waals surface area contributed by atoms with Crippen molar-refractivity contribution in [1.82, 2.24) is 28.9 Å². The fourth-order valence-corrected chi connectivity index (χ4v) is 7.89. The van der Waals surface area contributed by atoms with Gasteiger partial charge in [-0.1, -0.05) is 140 Å². The highest BCUT2D eigenvalue weighted by atomic mass is 16.1. The lowest BCUT2D eigenvalue weighted by Gasteiger charge is -2.12. The van der Waals surface area contributed by atoms with Crippen molar-refractivity contribution in [3.8, 4) is 51.2 Å². The predicted molar refractivity (Wildman–Crippen MR) is 217 cm³/mol. The Labute approximate surface area is 308 Å². The van der Waals surface area contributed by atoms with E-state index in [2.05, 4.69) is 47.0 Å². The van der Waals surface area contributed by atoms with Gasteiger partial charge >= 0.3 is 0 Å². The molecular formula is C47H28N6O. The van der Waals surface area contributed by atoms with Crippen molar-refractivity contribution in [2.75, 3.05) is 0 Å². The molecule has 4 aromatic heterocycles. The second kappa shape index (κ2) is 11.8. The van der Waals surface area contributed by atoms with Crippen LogP contribution in [0.3, 0.4) is 0 Å². The number of hydrogen-bond donors (Lipinski definition) is 0. The number of pyridine rings is 1. The maximum absolute atomic E-state index is 14.4. The van der Waals surface area contributed by atoms with E-state index in [4.69, 9.17) is 19.9 Å². The van der Waals surface area contributed by atoms with Crippen molar-refractivity contribution in [2.24, 2.45) is 0 Å². The van der Waals surface area contributed by atoms with Crippen LogP contribution >= 0.6 is 0 Å². The Morgan fingerprint density at radius 3 is 1.57 bits per heavy atom. The van der Waals surface area contributed by atoms with Gasteiger partial charge in [-0.3, -0.25) is 9.20 Å². The molecule has 0 bridgehead atoms. The first-order chi connectivity index (χ1) is 26.7. The first kappa shape index (κ1) is 30.1. The minimum Gasteiger partial charge on any atom is -0.307 e. The number of nitrogens with zero attached hydrogens (tertiary/aromatic N) is 6. The van der Waals surface area contributed by atoms with Crippen LogP contribution in [0, 0.1) is 0 Å². The summed E-state index contributed by atoms with van der Waals surface area (Å²) in [4.78, 5) is 34.7. The van der Waals surface area contributed by atoms with Crippen LogP contribution < -0.4 is 5.56 Å². The molecule has 0 aliphatic heterocycles. The minimum atomic E-state index is -0.0817. The molecule has 0 amide bonds. The Hall–Kier alpha value is -7.51. The molecule has 0 radical (unpaired) electrons. The average molecular weight is 693 g/mol. The molecule has 4 heterocycles. The molecule has 7 heteroatoms. The molecule has 7 nitrogen and oxygen atoms in total. The number of hydrogen-bond acceptors (Lipinski definition) is 5. The molecule has 252 valence electrons. The monoisotopic (exact) mass is 692 g/mol. The molecule has 54 heavy (non-hydrogen) atoms. The number of rotatable bonds is 5. The first-order valence-electron chi connectivity index (χ1n) is 17.9. The van der Waals surface area contributed by atoms with Crippen LogP contribution in [-0.4, -0.2) is 28.9 Å². The zero-order valence-corrected chi connectivity index (χ0v) is 28.8. The molecule has 11 rings (SSSR count). The Morgan fingerprint density at radius 2 is 0.907 bits per heavy atom. The SMILES string of the molecule is O=c1c2ccccc2c2cc3c4ccccc4n(-c4cccc(-c5nc(-c6ccccc6)nc(-c6ccccc6)n5)c4)c3c3nc(-c4ccccc4)n1c23. The van der Waals surface area contributed by atoms with Gasteiger partial charge in [-0.2, -0.15) is 0 Å². The minimum absolute atomic E-state index is 0.0817. The summed E-state index contributed by atoms with van der Waals surface area (Å²) in [5, 5.41) is 4.73. The molecule has 0 aliphatic carbocycles. The summed E-state index contributed by atoms with van der Waals surface area (Å²) in [6.07, 6.45) is 0. The molecule has 0 saturated carbocycles. The molecule has 0 saturated heterocycles. The Bertz CT molecular complexity index is 3220. The molecule has 0 N–H and O–H groups in total. The van der Waals surface area contributed by atoms with E-state index in [1.807, 2.05) is 127 Å². The van der Waals surface area contributed by atoms with E-state index >= 15 is 0 Å². The summed E-state index contributed by atoms with van der Waals surface area (Å²) in [7, 11) is 0. The number of aromatic nitrogens is 6. The maximum Gasteiger partial charge on any atom is 0.264 e. The van der Waals surface area contributed by atoms with Gasteiger partial charge in [-0.25, -0.2) is 19.9 Å². The van der Waals surface area contributed by atoms with Gasteiger partial charge in [0.1, 0.15) is 11.3 Å². The van der Waals surface area contributed by atoms with Gasteiger partial charge in [0, 0.05) is 49.5 Å². The molecule has 0 atom stereocenters. The summed E-state index contributed by atoms with van der Waals surface area (Å²) in [6.45, 7) is 0. The van der Waals surface area contributed by atoms with E-state index < -0.39 is 0 Å². The maximum atomic E-state index is 14.4. The van der Waals surface area contributed by atoms with Crippen LogP contribution in [0.15, 0.2) is 175 Å². The van der Waals surface area contributed by atoms with Crippen LogP contribution in [0.4, 0.5) is 0 Å². The van der Waals surface area contributed by atoms with Gasteiger partial charge in [0.15, 0.2) is 17.5 Å². The van der Waals surface area contributed by atoms with E-state index in [1.54, 1.807) is 4.40 Å². The lowest BCUT2D eigenvalue weighted by molar-refractivity contribution is 1.07. The third kappa shape index (κ3) is 4.52. The normalized spacial score (nSPS) is 11.8. The first-order valence-corrected chi connectivity index (χ1v) is 17.9. The van der Waals surface area contributed by atoms with E-state index in [-0.39, 0.29) is 5.56 Å². The number of imidazole rings is 1. The van der Waals surface area contributed by atoms with Crippen molar-refractivity contribution in [2.45, 2.75) is 0 Å². The highest BCUT2D eigenvalue weighted by Gasteiger charge is 2.25. The topological polar surface area (TPSA) is 78.0 Å². The molecule has 11 aromatic rings. The summed E-state index contributed by atoms with van der Waals surface area (Å²) in [5.74, 6) is 2.41. The molecular weight excluding hydrogens is 665 g/mol. The van der Waals surface area contributed by atoms with E-state index in [0.29, 0.717) is 28.7 Å². The zero-order chi connectivity index (χ0) is 35.8. The number of fused-ring (bicyclic) bond motifs is 6. The third-order valence-electron chi connectivity index (χ3n) is 10.3.